The van der Waals surface area contributed by atoms with Gasteiger partial charge < -0.3 is 20.1 Å². The van der Waals surface area contributed by atoms with Gasteiger partial charge in [-0.1, -0.05) is 72.2 Å². The smallest absolute Gasteiger partial charge is 0.255 e. The molecule has 5 rings (SSSR count). The van der Waals surface area contributed by atoms with E-state index in [4.69, 9.17) is 37.8 Å². The van der Waals surface area contributed by atoms with E-state index in [9.17, 15) is 4.79 Å². The predicted molar refractivity (Wildman–Crippen MR) is 164 cm³/mol. The van der Waals surface area contributed by atoms with E-state index in [0.29, 0.717) is 49.6 Å². The van der Waals surface area contributed by atoms with Gasteiger partial charge in [-0.05, 0) is 55.3 Å². The average molecular weight is 611 g/mol. The van der Waals surface area contributed by atoms with E-state index in [1.165, 1.54) is 0 Å². The maximum Gasteiger partial charge on any atom is 0.255 e. The summed E-state index contributed by atoms with van der Waals surface area (Å²) >= 11 is 14.2. The van der Waals surface area contributed by atoms with E-state index in [0.717, 1.165) is 23.3 Å². The first-order valence-electron chi connectivity index (χ1n) is 13.1. The summed E-state index contributed by atoms with van der Waals surface area (Å²) in [4.78, 5) is 18.5. The summed E-state index contributed by atoms with van der Waals surface area (Å²) in [5, 5.41) is 12.8. The van der Waals surface area contributed by atoms with Crippen LogP contribution in [-0.2, 0) is 11.4 Å². The first kappa shape index (κ1) is 28.9. The van der Waals surface area contributed by atoms with Crippen molar-refractivity contribution in [2.45, 2.75) is 38.1 Å². The minimum absolute atomic E-state index is 0.224. The van der Waals surface area contributed by atoms with Gasteiger partial charge in [0.1, 0.15) is 24.1 Å². The van der Waals surface area contributed by atoms with Crippen LogP contribution in [0.2, 0.25) is 10.0 Å². The number of thioether (sulfide) groups is 1. The number of halogens is 2. The van der Waals surface area contributed by atoms with Gasteiger partial charge in [0.25, 0.3) is 5.91 Å². The van der Waals surface area contributed by atoms with Gasteiger partial charge in [0.2, 0.25) is 11.1 Å². The van der Waals surface area contributed by atoms with Gasteiger partial charge in [0.15, 0.2) is 0 Å². The number of allylic oxidation sites excluding steroid dienone is 1. The lowest BCUT2D eigenvalue weighted by Crippen LogP contribution is -2.31. The van der Waals surface area contributed by atoms with Crippen molar-refractivity contribution in [3.05, 3.63) is 99.2 Å². The second-order valence-electron chi connectivity index (χ2n) is 9.29. The fourth-order valence-electron chi connectivity index (χ4n) is 4.50. The molecule has 1 aromatic heterocycles. The van der Waals surface area contributed by atoms with Crippen molar-refractivity contribution in [1.82, 2.24) is 14.8 Å². The number of amides is 1. The largest absolute Gasteiger partial charge is 0.495 e. The zero-order valence-corrected chi connectivity index (χ0v) is 25.1. The van der Waals surface area contributed by atoms with E-state index in [-0.39, 0.29) is 12.5 Å². The third-order valence-corrected chi connectivity index (χ3v) is 8.26. The Morgan fingerprint density at radius 2 is 1.80 bits per heavy atom. The van der Waals surface area contributed by atoms with Gasteiger partial charge in [-0.25, -0.2) is 4.68 Å². The molecule has 11 heteroatoms. The van der Waals surface area contributed by atoms with E-state index >= 15 is 0 Å². The highest BCUT2D eigenvalue weighted by Gasteiger charge is 2.34. The Bertz CT molecular complexity index is 1570. The van der Waals surface area contributed by atoms with Crippen molar-refractivity contribution in [3.63, 3.8) is 0 Å². The van der Waals surface area contributed by atoms with Crippen LogP contribution >= 0.6 is 35.0 Å². The molecule has 0 saturated carbocycles. The molecule has 0 radical (unpaired) electrons. The quantitative estimate of drug-likeness (QED) is 0.179. The summed E-state index contributed by atoms with van der Waals surface area (Å²) in [5.74, 6) is 2.40. The summed E-state index contributed by atoms with van der Waals surface area (Å²) in [5.41, 5.74) is 3.33. The second-order valence-corrected chi connectivity index (χ2v) is 11.2. The molecule has 1 aliphatic rings. The van der Waals surface area contributed by atoms with Crippen LogP contribution in [0.5, 0.6) is 11.5 Å². The molecular weight excluding hydrogens is 581 g/mol. The van der Waals surface area contributed by atoms with Crippen molar-refractivity contribution in [2.24, 2.45) is 0 Å². The molecule has 0 spiro atoms. The molecule has 1 atom stereocenters. The predicted octanol–water partition coefficient (Wildman–Crippen LogP) is 7.60. The minimum atomic E-state index is -0.531. The molecule has 0 saturated heterocycles. The standard InChI is InChI=1S/C30H29Cl2N5O3S/c1-4-16-41-30-35-29-33-18(2)26(28(38)34-24-10-5-6-11-25(24)39-3)27(37(29)36-30)19-12-14-20(15-13-19)40-17-21-22(31)8-7-9-23(21)32/h5-15,27H,4,16-17H2,1-3H3,(H,34,38)(H,33,35,36). The number of anilines is 2. The van der Waals surface area contributed by atoms with Crippen LogP contribution in [-0.4, -0.2) is 33.5 Å². The zero-order valence-electron chi connectivity index (χ0n) is 22.8. The van der Waals surface area contributed by atoms with Crippen LogP contribution in [0, 0.1) is 0 Å². The van der Waals surface area contributed by atoms with Crippen LogP contribution < -0.4 is 20.1 Å². The third-order valence-electron chi connectivity index (χ3n) is 6.51. The van der Waals surface area contributed by atoms with Crippen LogP contribution in [0.1, 0.15) is 37.4 Å². The lowest BCUT2D eigenvalue weighted by atomic mass is 9.95. The Morgan fingerprint density at radius 1 is 1.07 bits per heavy atom. The molecular formula is C30H29Cl2N5O3S. The van der Waals surface area contributed by atoms with E-state index in [1.807, 2.05) is 43.3 Å². The van der Waals surface area contributed by atoms with Crippen molar-refractivity contribution in [2.75, 3.05) is 23.5 Å². The summed E-state index contributed by atoms with van der Waals surface area (Å²) in [7, 11) is 1.57. The number of carbonyl (C=O) groups excluding carboxylic acids is 1. The number of methoxy groups -OCH3 is 1. The van der Waals surface area contributed by atoms with Gasteiger partial charge in [-0.2, -0.15) is 4.98 Å². The van der Waals surface area contributed by atoms with E-state index < -0.39 is 6.04 Å². The molecule has 41 heavy (non-hydrogen) atoms. The van der Waals surface area contributed by atoms with Gasteiger partial charge in [-0.15, -0.1) is 5.10 Å². The summed E-state index contributed by atoms with van der Waals surface area (Å²) < 4.78 is 13.2. The zero-order chi connectivity index (χ0) is 28.9. The molecule has 0 bridgehead atoms. The Hall–Kier alpha value is -3.66. The molecule has 3 aromatic carbocycles. The molecule has 212 valence electrons. The van der Waals surface area contributed by atoms with Crippen LogP contribution in [0.3, 0.4) is 0 Å². The van der Waals surface area contributed by atoms with Crippen molar-refractivity contribution in [3.8, 4) is 11.5 Å². The molecule has 0 fully saturated rings. The molecule has 1 amide bonds. The Kier molecular flexibility index (Phi) is 9.07. The number of rotatable bonds is 10. The number of hydrogen-bond donors (Lipinski definition) is 2. The number of benzene rings is 3. The summed E-state index contributed by atoms with van der Waals surface area (Å²) in [6.07, 6.45) is 0.996. The Balaban J connectivity index is 1.47. The Morgan fingerprint density at radius 3 is 2.51 bits per heavy atom. The van der Waals surface area contributed by atoms with Crippen molar-refractivity contribution < 1.29 is 14.3 Å². The number of nitrogens with zero attached hydrogens (tertiary/aromatic N) is 3. The molecule has 1 aliphatic heterocycles. The Labute approximate surface area is 253 Å². The maximum absolute atomic E-state index is 13.8. The van der Waals surface area contributed by atoms with Crippen LogP contribution in [0.4, 0.5) is 11.6 Å². The van der Waals surface area contributed by atoms with Gasteiger partial charge >= 0.3 is 0 Å². The fraction of sp³-hybridized carbons (Fsp3) is 0.233. The van der Waals surface area contributed by atoms with E-state index in [1.54, 1.807) is 53.9 Å². The normalized spacial score (nSPS) is 14.3. The maximum atomic E-state index is 13.8. The first-order valence-corrected chi connectivity index (χ1v) is 14.8. The molecule has 2 heterocycles. The number of fused-ring (bicyclic) bond motifs is 1. The number of aromatic nitrogens is 3. The minimum Gasteiger partial charge on any atom is -0.495 e. The summed E-state index contributed by atoms with van der Waals surface area (Å²) in [6.45, 7) is 4.20. The monoisotopic (exact) mass is 609 g/mol. The highest BCUT2D eigenvalue weighted by Crippen LogP contribution is 2.38. The van der Waals surface area contributed by atoms with E-state index in [2.05, 4.69) is 22.5 Å². The topological polar surface area (TPSA) is 90.3 Å². The highest BCUT2D eigenvalue weighted by molar-refractivity contribution is 7.99. The average Bonchev–Trinajstić information content (AvgIpc) is 3.38. The molecule has 0 aliphatic carbocycles. The molecule has 4 aromatic rings. The van der Waals surface area contributed by atoms with Crippen molar-refractivity contribution >= 4 is 52.5 Å². The van der Waals surface area contributed by atoms with Crippen LogP contribution in [0.25, 0.3) is 0 Å². The van der Waals surface area contributed by atoms with Gasteiger partial charge in [-0.3, -0.25) is 4.79 Å². The summed E-state index contributed by atoms with van der Waals surface area (Å²) in [6, 6.07) is 19.7. The highest BCUT2D eigenvalue weighted by atomic mass is 35.5. The van der Waals surface area contributed by atoms with Gasteiger partial charge in [0, 0.05) is 27.1 Å². The SMILES string of the molecule is CCCSc1nc2n(n1)C(c1ccc(OCc3c(Cl)cccc3Cl)cc1)C(C(=O)Nc1ccccc1OC)=C(C)N2. The van der Waals surface area contributed by atoms with Crippen LogP contribution in [0.15, 0.2) is 83.2 Å². The van der Waals surface area contributed by atoms with Crippen molar-refractivity contribution in [1.29, 1.82) is 0 Å². The third kappa shape index (κ3) is 6.32. The first-order chi connectivity index (χ1) is 19.9. The lowest BCUT2D eigenvalue weighted by Gasteiger charge is -2.29. The lowest BCUT2D eigenvalue weighted by molar-refractivity contribution is -0.113. The number of nitrogens with one attached hydrogen (secondary N) is 2. The molecule has 1 unspecified atom stereocenters. The number of ether oxygens (including phenoxy) is 2. The number of carbonyl (C=O) groups is 1. The molecule has 8 nitrogen and oxygen atoms in total. The molecule has 2 N–H and O–H groups in total. The number of hydrogen-bond acceptors (Lipinski definition) is 7. The fourth-order valence-corrected chi connectivity index (χ4v) is 5.69. The second kappa shape index (κ2) is 12.9. The van der Waals surface area contributed by atoms with Gasteiger partial charge in [0.05, 0.1) is 18.4 Å². The number of para-hydroxylation sites is 2.